The van der Waals surface area contributed by atoms with Crippen molar-refractivity contribution in [2.45, 2.75) is 0 Å². The fourth-order valence-electron chi connectivity index (χ4n) is 1.87. The molecule has 2 aromatic carbocycles. The van der Waals surface area contributed by atoms with Gasteiger partial charge in [0.15, 0.2) is 17.3 Å². The first-order chi connectivity index (χ1) is 9.63. The molecule has 1 N–H and O–H groups in total. The van der Waals surface area contributed by atoms with Gasteiger partial charge in [0.1, 0.15) is 0 Å². The van der Waals surface area contributed by atoms with Crippen LogP contribution in [0.15, 0.2) is 48.7 Å². The lowest BCUT2D eigenvalue weighted by molar-refractivity contribution is 0.385. The van der Waals surface area contributed by atoms with E-state index in [1.165, 1.54) is 6.20 Å². The van der Waals surface area contributed by atoms with Gasteiger partial charge in [0.05, 0.1) is 5.02 Å². The topological polar surface area (TPSA) is 42.4 Å². The summed E-state index contributed by atoms with van der Waals surface area (Å²) in [6.45, 7) is 0. The second kappa shape index (κ2) is 4.98. The molecule has 100 valence electrons. The number of ether oxygens (including phenoxy) is 1. The summed E-state index contributed by atoms with van der Waals surface area (Å²) in [6, 6.07) is 11.7. The highest BCUT2D eigenvalue weighted by molar-refractivity contribution is 6.30. The molecule has 0 radical (unpaired) electrons. The van der Waals surface area contributed by atoms with Crippen LogP contribution in [-0.2, 0) is 0 Å². The minimum absolute atomic E-state index is 0.0835. The van der Waals surface area contributed by atoms with Gasteiger partial charge in [-0.05, 0) is 29.0 Å². The van der Waals surface area contributed by atoms with Gasteiger partial charge in [-0.1, -0.05) is 35.9 Å². The molecule has 0 saturated heterocycles. The van der Waals surface area contributed by atoms with E-state index in [1.54, 1.807) is 12.1 Å². The number of pyridine rings is 1. The highest BCUT2D eigenvalue weighted by Crippen LogP contribution is 2.35. The van der Waals surface area contributed by atoms with E-state index in [9.17, 15) is 9.50 Å². The second-order valence-corrected chi connectivity index (χ2v) is 4.65. The number of phenols is 1. The third-order valence-electron chi connectivity index (χ3n) is 2.81. The highest BCUT2D eigenvalue weighted by Gasteiger charge is 2.11. The van der Waals surface area contributed by atoms with Gasteiger partial charge in [0, 0.05) is 6.20 Å². The molecule has 20 heavy (non-hydrogen) atoms. The first-order valence-electron chi connectivity index (χ1n) is 5.84. The van der Waals surface area contributed by atoms with Crippen molar-refractivity contribution < 1.29 is 14.2 Å². The number of rotatable bonds is 2. The second-order valence-electron chi connectivity index (χ2n) is 4.21. The Bertz CT molecular complexity index is 792. The summed E-state index contributed by atoms with van der Waals surface area (Å²) < 4.78 is 18.9. The quantitative estimate of drug-likeness (QED) is 0.754. The van der Waals surface area contributed by atoms with Gasteiger partial charge in [0.2, 0.25) is 0 Å². The largest absolute Gasteiger partial charge is 0.504 e. The Hall–Kier alpha value is -2.33. The summed E-state index contributed by atoms with van der Waals surface area (Å²) in [6.07, 6.45) is 1.28. The molecule has 0 saturated carbocycles. The molecular weight excluding hydrogens is 281 g/mol. The number of aromatic nitrogens is 1. The van der Waals surface area contributed by atoms with Gasteiger partial charge in [-0.25, -0.2) is 9.37 Å². The van der Waals surface area contributed by atoms with Gasteiger partial charge < -0.3 is 9.84 Å². The zero-order valence-corrected chi connectivity index (χ0v) is 10.9. The molecule has 0 spiro atoms. The van der Waals surface area contributed by atoms with E-state index < -0.39 is 5.82 Å². The van der Waals surface area contributed by atoms with Gasteiger partial charge in [-0.2, -0.15) is 0 Å². The molecule has 0 fully saturated rings. The number of nitrogens with zero attached hydrogens (tertiary/aromatic N) is 1. The summed E-state index contributed by atoms with van der Waals surface area (Å²) in [7, 11) is 0. The van der Waals surface area contributed by atoms with Crippen molar-refractivity contribution >= 4 is 22.4 Å². The predicted molar refractivity (Wildman–Crippen MR) is 74.9 cm³/mol. The first kappa shape index (κ1) is 12.7. The van der Waals surface area contributed by atoms with Crippen molar-refractivity contribution in [2.75, 3.05) is 0 Å². The lowest BCUT2D eigenvalue weighted by Gasteiger charge is -2.09. The maximum Gasteiger partial charge on any atom is 0.256 e. The summed E-state index contributed by atoms with van der Waals surface area (Å²) in [5.74, 6) is -0.873. The summed E-state index contributed by atoms with van der Waals surface area (Å²) in [5.41, 5.74) is 0. The van der Waals surface area contributed by atoms with Crippen LogP contribution in [0.5, 0.6) is 17.4 Å². The molecule has 0 atom stereocenters. The Morgan fingerprint density at radius 3 is 2.50 bits per heavy atom. The molecule has 3 nitrogen and oxygen atoms in total. The average Bonchev–Trinajstić information content (AvgIpc) is 2.42. The summed E-state index contributed by atoms with van der Waals surface area (Å²) in [5, 5.41) is 11.8. The van der Waals surface area contributed by atoms with Crippen LogP contribution in [0.2, 0.25) is 5.02 Å². The Balaban J connectivity index is 2.03. The van der Waals surface area contributed by atoms with Crippen molar-refractivity contribution in [3.8, 4) is 17.4 Å². The van der Waals surface area contributed by atoms with Crippen molar-refractivity contribution in [3.05, 3.63) is 59.5 Å². The van der Waals surface area contributed by atoms with Crippen LogP contribution in [0.25, 0.3) is 10.8 Å². The van der Waals surface area contributed by atoms with Crippen molar-refractivity contribution in [1.82, 2.24) is 4.98 Å². The molecule has 1 heterocycles. The maximum absolute atomic E-state index is 13.6. The van der Waals surface area contributed by atoms with Crippen LogP contribution in [0.3, 0.4) is 0 Å². The predicted octanol–water partition coefficient (Wildman–Crippen LogP) is 4.53. The first-order valence-corrected chi connectivity index (χ1v) is 6.22. The minimum Gasteiger partial charge on any atom is -0.504 e. The standard InChI is InChI=1S/C15H9ClFNO2/c16-11-7-12(17)15(18-8-11)20-14-6-10-4-2-1-3-9(10)5-13(14)19/h1-8,19H. The number of halogens is 2. The van der Waals surface area contributed by atoms with E-state index in [0.29, 0.717) is 0 Å². The lowest BCUT2D eigenvalue weighted by atomic mass is 10.1. The zero-order chi connectivity index (χ0) is 14.1. The Morgan fingerprint density at radius 1 is 1.10 bits per heavy atom. The summed E-state index contributed by atoms with van der Waals surface area (Å²) >= 11 is 5.62. The minimum atomic E-state index is -0.690. The molecule has 0 aliphatic carbocycles. The molecule has 0 amide bonds. The fourth-order valence-corrected chi connectivity index (χ4v) is 2.02. The van der Waals surface area contributed by atoms with E-state index in [4.69, 9.17) is 16.3 Å². The maximum atomic E-state index is 13.6. The summed E-state index contributed by atoms with van der Waals surface area (Å²) in [4.78, 5) is 3.75. The van der Waals surface area contributed by atoms with Gasteiger partial charge in [-0.15, -0.1) is 0 Å². The van der Waals surface area contributed by atoms with Crippen LogP contribution in [0.4, 0.5) is 4.39 Å². The van der Waals surface area contributed by atoms with Crippen LogP contribution in [-0.4, -0.2) is 10.1 Å². The van der Waals surface area contributed by atoms with Gasteiger partial charge in [-0.3, -0.25) is 0 Å². The molecule has 0 bridgehead atoms. The smallest absolute Gasteiger partial charge is 0.256 e. The van der Waals surface area contributed by atoms with Crippen molar-refractivity contribution in [3.63, 3.8) is 0 Å². The SMILES string of the molecule is Oc1cc2ccccc2cc1Oc1ncc(Cl)cc1F. The molecular formula is C15H9ClFNO2. The van der Waals surface area contributed by atoms with Gasteiger partial charge >= 0.3 is 0 Å². The van der Waals surface area contributed by atoms with E-state index in [1.807, 2.05) is 24.3 Å². The molecule has 3 aromatic rings. The van der Waals surface area contributed by atoms with E-state index in [-0.39, 0.29) is 22.4 Å². The van der Waals surface area contributed by atoms with Crippen LogP contribution in [0.1, 0.15) is 0 Å². The monoisotopic (exact) mass is 289 g/mol. The number of phenolic OH excluding ortho intramolecular Hbond substituents is 1. The average molecular weight is 290 g/mol. The van der Waals surface area contributed by atoms with Crippen molar-refractivity contribution in [2.24, 2.45) is 0 Å². The third-order valence-corrected chi connectivity index (χ3v) is 3.01. The molecule has 5 heteroatoms. The Morgan fingerprint density at radius 2 is 1.80 bits per heavy atom. The molecule has 3 rings (SSSR count). The number of fused-ring (bicyclic) bond motifs is 1. The molecule has 0 aliphatic rings. The number of benzene rings is 2. The number of aromatic hydroxyl groups is 1. The zero-order valence-electron chi connectivity index (χ0n) is 10.2. The number of hydrogen-bond donors (Lipinski definition) is 1. The van der Waals surface area contributed by atoms with Crippen LogP contribution in [0, 0.1) is 5.82 Å². The fraction of sp³-hybridized carbons (Fsp3) is 0. The Labute approximate surface area is 119 Å². The van der Waals surface area contributed by atoms with Gasteiger partial charge in [0.25, 0.3) is 5.88 Å². The number of hydrogen-bond acceptors (Lipinski definition) is 3. The molecule has 0 unspecified atom stereocenters. The van der Waals surface area contributed by atoms with E-state index in [0.717, 1.165) is 16.8 Å². The lowest BCUT2D eigenvalue weighted by Crippen LogP contribution is -1.92. The van der Waals surface area contributed by atoms with E-state index >= 15 is 0 Å². The highest BCUT2D eigenvalue weighted by atomic mass is 35.5. The molecule has 0 aliphatic heterocycles. The Kier molecular flexibility index (Phi) is 3.16. The van der Waals surface area contributed by atoms with Crippen molar-refractivity contribution in [1.29, 1.82) is 0 Å². The normalized spacial score (nSPS) is 10.7. The molecule has 1 aromatic heterocycles. The van der Waals surface area contributed by atoms with E-state index in [2.05, 4.69) is 4.98 Å². The van der Waals surface area contributed by atoms with Crippen LogP contribution >= 0.6 is 11.6 Å². The van der Waals surface area contributed by atoms with Crippen LogP contribution < -0.4 is 4.74 Å². The third kappa shape index (κ3) is 2.38.